The first-order chi connectivity index (χ1) is 14.3. The summed E-state index contributed by atoms with van der Waals surface area (Å²) < 4.78 is 13.4. The Kier molecular flexibility index (Phi) is 5.83. The first-order valence-electron chi connectivity index (χ1n) is 9.45. The van der Waals surface area contributed by atoms with Gasteiger partial charge in [0.05, 0.1) is 11.6 Å². The van der Waals surface area contributed by atoms with E-state index in [0.717, 1.165) is 4.90 Å². The summed E-state index contributed by atoms with van der Waals surface area (Å²) >= 11 is 0. The molecule has 1 N–H and O–H groups in total. The maximum Gasteiger partial charge on any atom is 0.325 e. The molecule has 0 spiro atoms. The van der Waals surface area contributed by atoms with Crippen LogP contribution in [0.4, 0.5) is 9.18 Å². The second-order valence-electron chi connectivity index (χ2n) is 7.17. The number of carbonyl (C=O) groups is 3. The minimum atomic E-state index is -1.33. The van der Waals surface area contributed by atoms with Gasteiger partial charge in [-0.05, 0) is 49.2 Å². The van der Waals surface area contributed by atoms with Crippen LogP contribution in [-0.2, 0) is 21.7 Å². The zero-order valence-electron chi connectivity index (χ0n) is 16.7. The molecule has 4 amide bonds. The quantitative estimate of drug-likeness (QED) is 0.744. The number of benzene rings is 2. The first kappa shape index (κ1) is 21.0. The lowest BCUT2D eigenvalue weighted by atomic mass is 9.91. The highest BCUT2D eigenvalue weighted by Gasteiger charge is 2.49. The molecule has 0 radical (unpaired) electrons. The number of halogens is 1. The molecule has 154 valence electrons. The highest BCUT2D eigenvalue weighted by Crippen LogP contribution is 2.29. The van der Waals surface area contributed by atoms with Crippen LogP contribution in [0.2, 0.25) is 0 Å². The lowest BCUT2D eigenvalue weighted by Gasteiger charge is -2.24. The fourth-order valence-corrected chi connectivity index (χ4v) is 3.38. The van der Waals surface area contributed by atoms with E-state index in [0.29, 0.717) is 23.2 Å². The Morgan fingerprint density at radius 3 is 2.53 bits per heavy atom. The fraction of sp³-hybridized carbons (Fsp3) is 0.273. The van der Waals surface area contributed by atoms with Gasteiger partial charge in [0.1, 0.15) is 17.9 Å². The summed E-state index contributed by atoms with van der Waals surface area (Å²) in [5.74, 6) is -1.37. The predicted octanol–water partition coefficient (Wildman–Crippen LogP) is 2.51. The summed E-state index contributed by atoms with van der Waals surface area (Å²) in [5, 5.41) is 11.6. The van der Waals surface area contributed by atoms with E-state index in [2.05, 4.69) is 5.32 Å². The monoisotopic (exact) mass is 408 g/mol. The number of carbonyl (C=O) groups excluding carboxylic acids is 3. The Morgan fingerprint density at radius 2 is 1.93 bits per heavy atom. The van der Waals surface area contributed by atoms with Gasteiger partial charge in [-0.15, -0.1) is 0 Å². The Bertz CT molecular complexity index is 1030. The van der Waals surface area contributed by atoms with E-state index in [1.807, 2.05) is 6.07 Å². The number of hydrogen-bond donors (Lipinski definition) is 1. The van der Waals surface area contributed by atoms with Gasteiger partial charge in [-0.2, -0.15) is 5.26 Å². The van der Waals surface area contributed by atoms with Crippen LogP contribution in [0.3, 0.4) is 0 Å². The maximum absolute atomic E-state index is 13.4. The molecule has 1 atom stereocenters. The Labute approximate surface area is 173 Å². The number of nitrogens with one attached hydrogen (secondary N) is 1. The first-order valence-corrected chi connectivity index (χ1v) is 9.45. The molecule has 2 aromatic carbocycles. The summed E-state index contributed by atoms with van der Waals surface area (Å²) in [6.07, 6.45) is 0. The molecule has 0 bridgehead atoms. The topological polar surface area (TPSA) is 93.5 Å². The number of hydrogen-bond acceptors (Lipinski definition) is 4. The molecule has 3 rings (SSSR count). The van der Waals surface area contributed by atoms with Crippen LogP contribution in [0.5, 0.6) is 0 Å². The van der Waals surface area contributed by atoms with E-state index >= 15 is 0 Å². The van der Waals surface area contributed by atoms with Crippen molar-refractivity contribution in [2.45, 2.75) is 25.9 Å². The zero-order chi connectivity index (χ0) is 21.9. The Balaban J connectivity index is 1.75. The molecule has 8 heteroatoms. The summed E-state index contributed by atoms with van der Waals surface area (Å²) in [6.45, 7) is 3.42. The summed E-state index contributed by atoms with van der Waals surface area (Å²) in [7, 11) is 0. The van der Waals surface area contributed by atoms with Crippen LogP contribution in [-0.4, -0.2) is 40.7 Å². The van der Waals surface area contributed by atoms with E-state index in [1.165, 1.54) is 17.0 Å². The number of amides is 4. The number of urea groups is 1. The van der Waals surface area contributed by atoms with Gasteiger partial charge in [-0.1, -0.05) is 24.3 Å². The molecule has 0 aliphatic carbocycles. The minimum absolute atomic E-state index is 0.170. The normalized spacial score (nSPS) is 18.1. The molecule has 2 aromatic rings. The number of nitrogens with zero attached hydrogens (tertiary/aromatic N) is 3. The number of likely N-dealkylation sites (N-methyl/N-ethyl adjacent to an activating group) is 1. The summed E-state index contributed by atoms with van der Waals surface area (Å²) in [4.78, 5) is 40.6. The van der Waals surface area contributed by atoms with Gasteiger partial charge in [0, 0.05) is 13.1 Å². The zero-order valence-corrected chi connectivity index (χ0v) is 16.7. The molecular formula is C22H21FN4O3. The van der Waals surface area contributed by atoms with Crippen molar-refractivity contribution in [3.05, 3.63) is 71.0 Å². The molecule has 1 unspecified atom stereocenters. The molecule has 1 aliphatic heterocycles. The molecule has 1 heterocycles. The van der Waals surface area contributed by atoms with E-state index < -0.39 is 35.7 Å². The molecule has 1 fully saturated rings. The van der Waals surface area contributed by atoms with Crippen molar-refractivity contribution in [1.29, 1.82) is 5.26 Å². The number of imide groups is 1. The fourth-order valence-electron chi connectivity index (χ4n) is 3.38. The highest BCUT2D eigenvalue weighted by atomic mass is 19.1. The van der Waals surface area contributed by atoms with Crippen LogP contribution in [0.15, 0.2) is 48.5 Å². The Hall–Kier alpha value is -3.73. The maximum atomic E-state index is 13.4. The van der Waals surface area contributed by atoms with Crippen molar-refractivity contribution in [2.24, 2.45) is 0 Å². The molecule has 0 saturated carbocycles. The van der Waals surface area contributed by atoms with Crippen molar-refractivity contribution in [3.8, 4) is 6.07 Å². The molecule has 1 aliphatic rings. The Morgan fingerprint density at radius 1 is 1.23 bits per heavy atom. The molecule has 30 heavy (non-hydrogen) atoms. The number of nitriles is 1. The van der Waals surface area contributed by atoms with Gasteiger partial charge in [0.2, 0.25) is 5.91 Å². The third-order valence-electron chi connectivity index (χ3n) is 5.16. The number of rotatable bonds is 6. The van der Waals surface area contributed by atoms with E-state index in [-0.39, 0.29) is 6.54 Å². The molecule has 7 nitrogen and oxygen atoms in total. The summed E-state index contributed by atoms with van der Waals surface area (Å²) in [6, 6.07) is 13.6. The van der Waals surface area contributed by atoms with Crippen molar-refractivity contribution >= 4 is 17.8 Å². The van der Waals surface area contributed by atoms with E-state index in [9.17, 15) is 18.8 Å². The van der Waals surface area contributed by atoms with Gasteiger partial charge < -0.3 is 10.2 Å². The largest absolute Gasteiger partial charge is 0.337 e. The predicted molar refractivity (Wildman–Crippen MR) is 106 cm³/mol. The second-order valence-corrected chi connectivity index (χ2v) is 7.17. The molecule has 1 saturated heterocycles. The average molecular weight is 408 g/mol. The van der Waals surface area contributed by atoms with Gasteiger partial charge >= 0.3 is 6.03 Å². The van der Waals surface area contributed by atoms with Crippen molar-refractivity contribution in [3.63, 3.8) is 0 Å². The highest BCUT2D eigenvalue weighted by molar-refractivity contribution is 6.09. The smallest absolute Gasteiger partial charge is 0.325 e. The van der Waals surface area contributed by atoms with E-state index in [1.54, 1.807) is 50.2 Å². The van der Waals surface area contributed by atoms with Crippen LogP contribution >= 0.6 is 0 Å². The average Bonchev–Trinajstić information content (AvgIpc) is 2.96. The summed E-state index contributed by atoms with van der Waals surface area (Å²) in [5.41, 5.74) is 0.235. The van der Waals surface area contributed by atoms with Crippen LogP contribution in [0.25, 0.3) is 0 Å². The van der Waals surface area contributed by atoms with Crippen molar-refractivity contribution < 1.29 is 18.8 Å². The van der Waals surface area contributed by atoms with Gasteiger partial charge in [-0.25, -0.2) is 9.18 Å². The van der Waals surface area contributed by atoms with Crippen molar-refractivity contribution in [1.82, 2.24) is 15.1 Å². The van der Waals surface area contributed by atoms with Crippen LogP contribution in [0.1, 0.15) is 30.5 Å². The minimum Gasteiger partial charge on any atom is -0.337 e. The third-order valence-corrected chi connectivity index (χ3v) is 5.16. The van der Waals surface area contributed by atoms with Crippen molar-refractivity contribution in [2.75, 3.05) is 13.1 Å². The lowest BCUT2D eigenvalue weighted by molar-refractivity contribution is -0.139. The van der Waals surface area contributed by atoms with Gasteiger partial charge in [0.25, 0.3) is 5.91 Å². The second kappa shape index (κ2) is 8.33. The van der Waals surface area contributed by atoms with Crippen LogP contribution in [0, 0.1) is 17.1 Å². The standard InChI is InChI=1S/C22H21FN4O3/c1-3-26(13-16-5-4-6-18(23)11-16)19(28)14-27-20(29)22(2,25-21(27)30)17-9-7-15(12-24)8-10-17/h4-11H,3,13-14H2,1-2H3,(H,25,30). The molecule has 0 aromatic heterocycles. The SMILES string of the molecule is CCN(Cc1cccc(F)c1)C(=O)CN1C(=O)NC(C)(c2ccc(C#N)cc2)C1=O. The molecular weight excluding hydrogens is 387 g/mol. The van der Waals surface area contributed by atoms with Crippen LogP contribution < -0.4 is 5.32 Å². The van der Waals surface area contributed by atoms with Gasteiger partial charge in [-0.3, -0.25) is 14.5 Å². The third kappa shape index (κ3) is 4.01. The lowest BCUT2D eigenvalue weighted by Crippen LogP contribution is -2.44. The van der Waals surface area contributed by atoms with E-state index in [4.69, 9.17) is 5.26 Å². The van der Waals surface area contributed by atoms with Gasteiger partial charge in [0.15, 0.2) is 0 Å².